The highest BCUT2D eigenvalue weighted by Gasteiger charge is 2.23. The number of amides is 2. The lowest BCUT2D eigenvalue weighted by atomic mass is 10.1. The molecule has 0 bridgehead atoms. The van der Waals surface area contributed by atoms with Crippen molar-refractivity contribution in [3.8, 4) is 0 Å². The van der Waals surface area contributed by atoms with E-state index in [2.05, 4.69) is 11.0 Å². The fourth-order valence-electron chi connectivity index (χ4n) is 3.89. The lowest BCUT2D eigenvalue weighted by molar-refractivity contribution is -0.130. The fourth-order valence-corrected chi connectivity index (χ4v) is 4.07. The van der Waals surface area contributed by atoms with Crippen molar-refractivity contribution in [2.75, 3.05) is 42.5 Å². The third-order valence-electron chi connectivity index (χ3n) is 5.48. The lowest BCUT2D eigenvalue weighted by Gasteiger charge is -2.36. The zero-order valence-corrected chi connectivity index (χ0v) is 16.6. The molecule has 2 fully saturated rings. The molecule has 2 aromatic carbocycles. The van der Waals surface area contributed by atoms with Crippen LogP contribution in [0.15, 0.2) is 48.5 Å². The van der Waals surface area contributed by atoms with Crippen LogP contribution in [0.25, 0.3) is 0 Å². The van der Waals surface area contributed by atoms with E-state index in [1.54, 1.807) is 0 Å². The van der Waals surface area contributed by atoms with Gasteiger partial charge in [-0.3, -0.25) is 9.59 Å². The molecule has 5 nitrogen and oxygen atoms in total. The third kappa shape index (κ3) is 4.14. The third-order valence-corrected chi connectivity index (χ3v) is 5.72. The average molecular weight is 398 g/mol. The maximum Gasteiger partial charge on any atom is 0.227 e. The highest BCUT2D eigenvalue weighted by atomic mass is 35.5. The Morgan fingerprint density at radius 1 is 0.929 bits per heavy atom. The molecular weight excluding hydrogens is 374 g/mol. The van der Waals surface area contributed by atoms with E-state index in [4.69, 9.17) is 11.6 Å². The first-order valence-electron chi connectivity index (χ1n) is 9.78. The van der Waals surface area contributed by atoms with Crippen LogP contribution in [-0.2, 0) is 16.0 Å². The highest BCUT2D eigenvalue weighted by Crippen LogP contribution is 2.23. The molecule has 2 amide bonds. The SMILES string of the molecule is O=C(Cc1ccc(N2CCCC2=O)cc1)N1CCN(c2cccc(Cl)c2)CC1. The van der Waals surface area contributed by atoms with E-state index >= 15 is 0 Å². The molecule has 0 unspecified atom stereocenters. The van der Waals surface area contributed by atoms with E-state index in [0.29, 0.717) is 25.9 Å². The predicted molar refractivity (Wildman–Crippen MR) is 112 cm³/mol. The molecule has 2 heterocycles. The molecule has 0 saturated carbocycles. The first-order valence-corrected chi connectivity index (χ1v) is 10.2. The van der Waals surface area contributed by atoms with Gasteiger partial charge >= 0.3 is 0 Å². The average Bonchev–Trinajstić information content (AvgIpc) is 3.14. The minimum atomic E-state index is 0.149. The van der Waals surface area contributed by atoms with E-state index in [0.717, 1.165) is 48.0 Å². The van der Waals surface area contributed by atoms with Crippen molar-refractivity contribution >= 4 is 34.8 Å². The van der Waals surface area contributed by atoms with Gasteiger partial charge in [0, 0.05) is 55.5 Å². The van der Waals surface area contributed by atoms with Gasteiger partial charge < -0.3 is 14.7 Å². The van der Waals surface area contributed by atoms with Crippen molar-refractivity contribution in [2.45, 2.75) is 19.3 Å². The number of rotatable bonds is 4. The van der Waals surface area contributed by atoms with Gasteiger partial charge in [0.2, 0.25) is 11.8 Å². The molecule has 0 spiro atoms. The molecule has 0 aliphatic carbocycles. The Bertz CT molecular complexity index is 860. The Hall–Kier alpha value is -2.53. The van der Waals surface area contributed by atoms with Crippen LogP contribution in [0, 0.1) is 0 Å². The number of hydrogen-bond donors (Lipinski definition) is 0. The molecule has 0 radical (unpaired) electrons. The van der Waals surface area contributed by atoms with Gasteiger partial charge in [0.15, 0.2) is 0 Å². The van der Waals surface area contributed by atoms with Crippen molar-refractivity contribution in [1.82, 2.24) is 4.90 Å². The van der Waals surface area contributed by atoms with Crippen LogP contribution in [0.2, 0.25) is 5.02 Å². The second kappa shape index (κ2) is 8.23. The smallest absolute Gasteiger partial charge is 0.227 e. The highest BCUT2D eigenvalue weighted by molar-refractivity contribution is 6.30. The first kappa shape index (κ1) is 18.8. The van der Waals surface area contributed by atoms with Crippen LogP contribution < -0.4 is 9.80 Å². The van der Waals surface area contributed by atoms with Gasteiger partial charge in [-0.1, -0.05) is 29.8 Å². The second-order valence-electron chi connectivity index (χ2n) is 7.34. The Balaban J connectivity index is 1.31. The molecule has 4 rings (SSSR count). The Kier molecular flexibility index (Phi) is 5.53. The minimum absolute atomic E-state index is 0.149. The second-order valence-corrected chi connectivity index (χ2v) is 7.78. The zero-order chi connectivity index (χ0) is 19.5. The van der Waals surface area contributed by atoms with E-state index in [9.17, 15) is 9.59 Å². The molecule has 0 aromatic heterocycles. The number of carbonyl (C=O) groups is 2. The van der Waals surface area contributed by atoms with Crippen LogP contribution in [0.5, 0.6) is 0 Å². The van der Waals surface area contributed by atoms with Crippen molar-refractivity contribution in [3.63, 3.8) is 0 Å². The minimum Gasteiger partial charge on any atom is -0.368 e. The molecule has 2 aromatic rings. The summed E-state index contributed by atoms with van der Waals surface area (Å²) < 4.78 is 0. The van der Waals surface area contributed by atoms with Gasteiger partial charge in [-0.2, -0.15) is 0 Å². The standard InChI is InChI=1S/C22H24ClN3O2/c23-18-3-1-4-20(16-18)24-11-13-25(14-12-24)22(28)15-17-6-8-19(9-7-17)26-10-2-5-21(26)27/h1,3-4,6-9,16H,2,5,10-15H2. The van der Waals surface area contributed by atoms with Crippen LogP contribution >= 0.6 is 11.6 Å². The largest absolute Gasteiger partial charge is 0.368 e. The summed E-state index contributed by atoms with van der Waals surface area (Å²) in [5.74, 6) is 0.331. The number of piperazine rings is 1. The van der Waals surface area contributed by atoms with E-state index < -0.39 is 0 Å². The summed E-state index contributed by atoms with van der Waals surface area (Å²) in [6.45, 7) is 3.83. The number of halogens is 1. The summed E-state index contributed by atoms with van der Waals surface area (Å²) in [7, 11) is 0. The zero-order valence-electron chi connectivity index (χ0n) is 15.8. The Labute approximate surface area is 170 Å². The summed E-state index contributed by atoms with van der Waals surface area (Å²) in [6, 6.07) is 15.7. The van der Waals surface area contributed by atoms with Crippen molar-refractivity contribution in [2.24, 2.45) is 0 Å². The lowest BCUT2D eigenvalue weighted by Crippen LogP contribution is -2.49. The van der Waals surface area contributed by atoms with E-state index in [1.807, 2.05) is 52.3 Å². The summed E-state index contributed by atoms with van der Waals surface area (Å²) in [5.41, 5.74) is 3.01. The Morgan fingerprint density at radius 3 is 2.32 bits per heavy atom. The number of benzene rings is 2. The van der Waals surface area contributed by atoms with E-state index in [1.165, 1.54) is 0 Å². The van der Waals surface area contributed by atoms with Crippen molar-refractivity contribution < 1.29 is 9.59 Å². The summed E-state index contributed by atoms with van der Waals surface area (Å²) in [4.78, 5) is 30.5. The summed E-state index contributed by atoms with van der Waals surface area (Å²) in [5, 5.41) is 0.732. The molecule has 146 valence electrons. The quantitative estimate of drug-likeness (QED) is 0.794. The number of hydrogen-bond acceptors (Lipinski definition) is 3. The number of nitrogens with zero attached hydrogens (tertiary/aromatic N) is 3. The topological polar surface area (TPSA) is 43.9 Å². The summed E-state index contributed by atoms with van der Waals surface area (Å²) in [6.07, 6.45) is 1.94. The van der Waals surface area contributed by atoms with Crippen LogP contribution in [-0.4, -0.2) is 49.4 Å². The van der Waals surface area contributed by atoms with Crippen LogP contribution in [0.1, 0.15) is 18.4 Å². The molecule has 2 saturated heterocycles. The van der Waals surface area contributed by atoms with Gasteiger partial charge in [0.05, 0.1) is 6.42 Å². The molecule has 6 heteroatoms. The van der Waals surface area contributed by atoms with Gasteiger partial charge in [-0.25, -0.2) is 0 Å². The van der Waals surface area contributed by atoms with Gasteiger partial charge in [-0.05, 0) is 42.3 Å². The van der Waals surface area contributed by atoms with Gasteiger partial charge in [0.25, 0.3) is 0 Å². The summed E-state index contributed by atoms with van der Waals surface area (Å²) >= 11 is 6.08. The predicted octanol–water partition coefficient (Wildman–Crippen LogP) is 3.36. The van der Waals surface area contributed by atoms with Crippen molar-refractivity contribution in [1.29, 1.82) is 0 Å². The first-order chi connectivity index (χ1) is 13.6. The number of carbonyl (C=O) groups excluding carboxylic acids is 2. The van der Waals surface area contributed by atoms with Gasteiger partial charge in [-0.15, -0.1) is 0 Å². The van der Waals surface area contributed by atoms with Crippen molar-refractivity contribution in [3.05, 3.63) is 59.1 Å². The molecule has 2 aliphatic heterocycles. The molecule has 0 atom stereocenters. The molecule has 28 heavy (non-hydrogen) atoms. The molecular formula is C22H24ClN3O2. The molecule has 0 N–H and O–H groups in total. The van der Waals surface area contributed by atoms with Crippen LogP contribution in [0.3, 0.4) is 0 Å². The molecule has 2 aliphatic rings. The number of anilines is 2. The van der Waals surface area contributed by atoms with E-state index in [-0.39, 0.29) is 11.8 Å². The normalized spacial score (nSPS) is 17.3. The maximum atomic E-state index is 12.7. The monoisotopic (exact) mass is 397 g/mol. The van der Waals surface area contributed by atoms with Gasteiger partial charge in [0.1, 0.15) is 0 Å². The Morgan fingerprint density at radius 2 is 1.68 bits per heavy atom. The maximum absolute atomic E-state index is 12.7. The van der Waals surface area contributed by atoms with Crippen LogP contribution in [0.4, 0.5) is 11.4 Å². The fraction of sp³-hybridized carbons (Fsp3) is 0.364.